The third-order valence-corrected chi connectivity index (χ3v) is 6.30. The van der Waals surface area contributed by atoms with E-state index >= 15 is 0 Å². The van der Waals surface area contributed by atoms with E-state index in [4.69, 9.17) is 11.0 Å². The lowest BCUT2D eigenvalue weighted by Crippen LogP contribution is -2.46. The Morgan fingerprint density at radius 1 is 1.36 bits per heavy atom. The lowest BCUT2D eigenvalue weighted by atomic mass is 10.1. The average Bonchev–Trinajstić information content (AvgIpc) is 2.40. The van der Waals surface area contributed by atoms with Gasteiger partial charge in [0.15, 0.2) is 9.84 Å². The van der Waals surface area contributed by atoms with Gasteiger partial charge in [0.05, 0.1) is 15.6 Å². The number of rotatable bonds is 3. The van der Waals surface area contributed by atoms with Gasteiger partial charge in [0.25, 0.3) is 5.69 Å². The fourth-order valence-electron chi connectivity index (χ4n) is 2.23. The monoisotopic (exact) mass is 350 g/mol. The van der Waals surface area contributed by atoms with Crippen LogP contribution in [-0.2, 0) is 19.9 Å². The molecule has 1 unspecified atom stereocenters. The van der Waals surface area contributed by atoms with Crippen molar-refractivity contribution in [2.24, 2.45) is 11.0 Å². The van der Waals surface area contributed by atoms with Crippen LogP contribution in [0.1, 0.15) is 10.8 Å². The van der Waals surface area contributed by atoms with E-state index in [2.05, 4.69) is 0 Å². The molecule has 10 nitrogen and oxygen atoms in total. The second kappa shape index (κ2) is 5.55. The van der Waals surface area contributed by atoms with Crippen molar-refractivity contribution in [3.63, 3.8) is 0 Å². The lowest BCUT2D eigenvalue weighted by Gasteiger charge is -2.29. The maximum Gasteiger partial charge on any atom is 0.275 e. The van der Waals surface area contributed by atoms with Crippen molar-refractivity contribution in [3.8, 4) is 0 Å². The third kappa shape index (κ3) is 3.25. The SMILES string of the molecule is NN1CCS(=O)(=O)C(c2ccc(S(N)(=O)=O)cc2[N+](=O)[O-])C1. The molecule has 1 aromatic carbocycles. The molecule has 2 rings (SSSR count). The summed E-state index contributed by atoms with van der Waals surface area (Å²) in [5.74, 6) is 5.36. The number of hydrazine groups is 1. The van der Waals surface area contributed by atoms with E-state index in [9.17, 15) is 26.9 Å². The van der Waals surface area contributed by atoms with Gasteiger partial charge in [-0.3, -0.25) is 16.0 Å². The summed E-state index contributed by atoms with van der Waals surface area (Å²) in [6, 6.07) is 2.90. The van der Waals surface area contributed by atoms with Crippen molar-refractivity contribution < 1.29 is 21.8 Å². The number of primary sulfonamides is 1. The van der Waals surface area contributed by atoms with Gasteiger partial charge in [-0.25, -0.2) is 27.0 Å². The Morgan fingerprint density at radius 2 is 2.00 bits per heavy atom. The van der Waals surface area contributed by atoms with Crippen molar-refractivity contribution in [2.75, 3.05) is 18.8 Å². The van der Waals surface area contributed by atoms with Crippen molar-refractivity contribution in [1.82, 2.24) is 5.01 Å². The summed E-state index contributed by atoms with van der Waals surface area (Å²) in [5.41, 5.74) is -0.719. The summed E-state index contributed by atoms with van der Waals surface area (Å²) in [4.78, 5) is 9.87. The van der Waals surface area contributed by atoms with Crippen molar-refractivity contribution >= 4 is 25.5 Å². The molecule has 0 aliphatic carbocycles. The molecule has 1 saturated heterocycles. The van der Waals surface area contributed by atoms with Gasteiger partial charge in [-0.05, 0) is 12.1 Å². The van der Waals surface area contributed by atoms with E-state index in [1.807, 2.05) is 0 Å². The topological polar surface area (TPSA) is 167 Å². The molecule has 0 amide bonds. The molecule has 1 aliphatic heterocycles. The fraction of sp³-hybridized carbons (Fsp3) is 0.400. The van der Waals surface area contributed by atoms with Gasteiger partial charge in [-0.1, -0.05) is 0 Å². The van der Waals surface area contributed by atoms with Crippen LogP contribution in [0.2, 0.25) is 0 Å². The van der Waals surface area contributed by atoms with Gasteiger partial charge in [-0.2, -0.15) is 0 Å². The number of sulfonamides is 1. The number of nitrogens with zero attached hydrogens (tertiary/aromatic N) is 2. The first-order chi connectivity index (χ1) is 10.0. The van der Waals surface area contributed by atoms with Gasteiger partial charge in [0.2, 0.25) is 10.0 Å². The van der Waals surface area contributed by atoms with Crippen LogP contribution < -0.4 is 11.0 Å². The van der Waals surface area contributed by atoms with Gasteiger partial charge in [-0.15, -0.1) is 0 Å². The standard InChI is InChI=1S/C10H14N4O6S2/c11-13-3-4-21(17,18)10(6-13)8-2-1-7(22(12,19)20)5-9(8)14(15)16/h1-2,5,10H,3-4,6,11H2,(H2,12,19,20). The Bertz CT molecular complexity index is 820. The van der Waals surface area contributed by atoms with Gasteiger partial charge in [0.1, 0.15) is 5.25 Å². The molecule has 1 atom stereocenters. The summed E-state index contributed by atoms with van der Waals surface area (Å²) >= 11 is 0. The first-order valence-electron chi connectivity index (χ1n) is 6.05. The number of nitro groups is 1. The summed E-state index contributed by atoms with van der Waals surface area (Å²) in [5, 5.41) is 16.2. The lowest BCUT2D eigenvalue weighted by molar-refractivity contribution is -0.385. The van der Waals surface area contributed by atoms with Gasteiger partial charge < -0.3 is 0 Å². The van der Waals surface area contributed by atoms with E-state index in [0.29, 0.717) is 0 Å². The maximum atomic E-state index is 12.1. The van der Waals surface area contributed by atoms with Crippen LogP contribution in [0.4, 0.5) is 5.69 Å². The number of sulfone groups is 1. The minimum Gasteiger partial charge on any atom is -0.269 e. The smallest absolute Gasteiger partial charge is 0.269 e. The molecule has 12 heteroatoms. The van der Waals surface area contributed by atoms with Crippen LogP contribution in [0.25, 0.3) is 0 Å². The summed E-state index contributed by atoms with van der Waals surface area (Å²) in [6.45, 7) is 0.0137. The van der Waals surface area contributed by atoms with Crippen LogP contribution in [-0.4, -0.2) is 45.6 Å². The molecule has 1 aromatic rings. The Morgan fingerprint density at radius 3 is 2.55 bits per heavy atom. The number of hydrogen-bond acceptors (Lipinski definition) is 8. The second-order valence-electron chi connectivity index (χ2n) is 4.87. The van der Waals surface area contributed by atoms with Gasteiger partial charge >= 0.3 is 0 Å². The Hall–Kier alpha value is -1.60. The molecule has 0 radical (unpaired) electrons. The first kappa shape index (κ1) is 16.8. The molecule has 1 aliphatic rings. The Balaban J connectivity index is 2.62. The van der Waals surface area contributed by atoms with E-state index < -0.39 is 40.6 Å². The van der Waals surface area contributed by atoms with Crippen LogP contribution in [0, 0.1) is 10.1 Å². The van der Waals surface area contributed by atoms with Crippen LogP contribution in [0.3, 0.4) is 0 Å². The zero-order chi connectivity index (χ0) is 16.7. The highest BCUT2D eigenvalue weighted by Crippen LogP contribution is 2.34. The molecule has 122 valence electrons. The molecule has 1 fully saturated rings. The van der Waals surface area contributed by atoms with Crippen molar-refractivity contribution in [1.29, 1.82) is 0 Å². The fourth-order valence-corrected chi connectivity index (χ4v) is 4.54. The minimum atomic E-state index is -4.13. The number of hydrogen-bond donors (Lipinski definition) is 2. The molecule has 0 bridgehead atoms. The summed E-state index contributed by atoms with van der Waals surface area (Å²) in [6.07, 6.45) is 0. The van der Waals surface area contributed by atoms with E-state index in [1.54, 1.807) is 0 Å². The zero-order valence-electron chi connectivity index (χ0n) is 11.2. The van der Waals surface area contributed by atoms with Crippen LogP contribution in [0.5, 0.6) is 0 Å². The largest absolute Gasteiger partial charge is 0.275 e. The molecule has 4 N–H and O–H groups in total. The minimum absolute atomic E-state index is 0.104. The third-order valence-electron chi connectivity index (χ3n) is 3.37. The molecular weight excluding hydrogens is 336 g/mol. The molecule has 22 heavy (non-hydrogen) atoms. The summed E-state index contributed by atoms with van der Waals surface area (Å²) in [7, 11) is -7.76. The molecule has 0 spiro atoms. The number of benzene rings is 1. The van der Waals surface area contributed by atoms with Crippen molar-refractivity contribution in [3.05, 3.63) is 33.9 Å². The van der Waals surface area contributed by atoms with E-state index in [-0.39, 0.29) is 24.4 Å². The van der Waals surface area contributed by atoms with Crippen LogP contribution >= 0.6 is 0 Å². The van der Waals surface area contributed by atoms with E-state index in [1.165, 1.54) is 5.01 Å². The molecule has 1 heterocycles. The molecular formula is C10H14N4O6S2. The maximum absolute atomic E-state index is 12.1. The number of nitrogens with two attached hydrogens (primary N) is 2. The zero-order valence-corrected chi connectivity index (χ0v) is 12.9. The van der Waals surface area contributed by atoms with Crippen molar-refractivity contribution in [2.45, 2.75) is 10.1 Å². The highest BCUT2D eigenvalue weighted by Gasteiger charge is 2.37. The first-order valence-corrected chi connectivity index (χ1v) is 9.31. The number of nitro benzene ring substituents is 1. The van der Waals surface area contributed by atoms with E-state index in [0.717, 1.165) is 18.2 Å². The second-order valence-corrected chi connectivity index (χ2v) is 8.74. The highest BCUT2D eigenvalue weighted by atomic mass is 32.2. The predicted octanol–water partition coefficient (Wildman–Crippen LogP) is -1.11. The summed E-state index contributed by atoms with van der Waals surface area (Å²) < 4.78 is 46.8. The average molecular weight is 350 g/mol. The predicted molar refractivity (Wildman–Crippen MR) is 76.8 cm³/mol. The Labute approximate surface area is 126 Å². The van der Waals surface area contributed by atoms with Gasteiger partial charge in [0, 0.05) is 24.7 Å². The molecule has 0 aromatic heterocycles. The quantitative estimate of drug-likeness (QED) is 0.393. The molecule has 0 saturated carbocycles. The van der Waals surface area contributed by atoms with Crippen LogP contribution in [0.15, 0.2) is 23.1 Å². The Kier molecular flexibility index (Phi) is 4.23. The normalized spacial score (nSPS) is 22.4. The highest BCUT2D eigenvalue weighted by molar-refractivity contribution is 7.91.